The molecule has 1 atom stereocenters. The van der Waals surface area contributed by atoms with Crippen LogP contribution in [-0.2, 0) is 6.61 Å². The lowest BCUT2D eigenvalue weighted by Gasteiger charge is -2.16. The van der Waals surface area contributed by atoms with E-state index in [-0.39, 0.29) is 12.6 Å². The molecule has 1 unspecified atom stereocenters. The number of pyridine rings is 1. The van der Waals surface area contributed by atoms with Gasteiger partial charge in [0.25, 0.3) is 0 Å². The topological polar surface area (TPSA) is 57.4 Å². The molecule has 0 aliphatic heterocycles. The van der Waals surface area contributed by atoms with Crippen LogP contribution < -0.4 is 15.2 Å². The van der Waals surface area contributed by atoms with E-state index in [2.05, 4.69) is 4.98 Å². The van der Waals surface area contributed by atoms with Crippen molar-refractivity contribution in [2.24, 2.45) is 5.73 Å². The van der Waals surface area contributed by atoms with Gasteiger partial charge in [-0.1, -0.05) is 48.3 Å². The Labute approximate surface area is 169 Å². The summed E-state index contributed by atoms with van der Waals surface area (Å²) in [6.45, 7) is 4.57. The summed E-state index contributed by atoms with van der Waals surface area (Å²) in [5, 5.41) is 1.98. The number of para-hydroxylation sites is 1. The number of hydrogen-bond acceptors (Lipinski definition) is 4. The molecule has 4 nitrogen and oxygen atoms in total. The summed E-state index contributed by atoms with van der Waals surface area (Å²) < 4.78 is 11.8. The number of fused-ring (bicyclic) bond motifs is 1. The number of aromatic nitrogens is 1. The number of hydrogen-bond donors (Lipinski definition) is 1. The number of rotatable bonds is 7. The minimum absolute atomic E-state index is 0.0403. The van der Waals surface area contributed by atoms with Crippen LogP contribution in [0.4, 0.5) is 0 Å². The maximum atomic E-state index is 6.50. The van der Waals surface area contributed by atoms with Gasteiger partial charge in [0.2, 0.25) is 0 Å². The Morgan fingerprint density at radius 2 is 1.85 bits per heavy atom. The van der Waals surface area contributed by atoms with Gasteiger partial charge >= 0.3 is 0 Å². The average Bonchev–Trinajstić information content (AvgIpc) is 2.67. The van der Waals surface area contributed by atoms with Gasteiger partial charge in [-0.05, 0) is 37.6 Å². The Balaban J connectivity index is 1.83. The zero-order valence-electron chi connectivity index (χ0n) is 15.3. The molecule has 2 aromatic carbocycles. The normalized spacial score (nSPS) is 12.2. The maximum Gasteiger partial charge on any atom is 0.146 e. The fourth-order valence-electron chi connectivity index (χ4n) is 2.62. The Morgan fingerprint density at radius 1 is 1.04 bits per heavy atom. The largest absolute Gasteiger partial charge is 0.490 e. The fourth-order valence-corrected chi connectivity index (χ4v) is 3.15. The lowest BCUT2D eigenvalue weighted by molar-refractivity contribution is 0.282. The first-order chi connectivity index (χ1) is 13.0. The molecule has 0 radical (unpaired) electrons. The minimum atomic E-state index is -0.0403. The van der Waals surface area contributed by atoms with Crippen molar-refractivity contribution in [3.8, 4) is 11.5 Å². The molecule has 0 fully saturated rings. The molecule has 27 heavy (non-hydrogen) atoms. The number of nitrogens with two attached hydrogens (primary N) is 1. The molecule has 3 aromatic rings. The van der Waals surface area contributed by atoms with Crippen LogP contribution in [0.1, 0.15) is 24.6 Å². The van der Waals surface area contributed by atoms with Crippen molar-refractivity contribution in [1.82, 2.24) is 4.98 Å². The van der Waals surface area contributed by atoms with Gasteiger partial charge in [-0.2, -0.15) is 0 Å². The molecule has 0 saturated carbocycles. The van der Waals surface area contributed by atoms with E-state index < -0.39 is 0 Å². The van der Waals surface area contributed by atoms with E-state index in [4.69, 9.17) is 38.4 Å². The summed E-state index contributed by atoms with van der Waals surface area (Å²) in [6.07, 6.45) is 0.828. The SMILES string of the molecule is CCC(N)COc1ccc(Cl)c(COc2cccc3ccc(C)nc23)c1Cl. The van der Waals surface area contributed by atoms with Crippen molar-refractivity contribution < 1.29 is 9.47 Å². The summed E-state index contributed by atoms with van der Waals surface area (Å²) in [6, 6.07) is 13.3. The van der Waals surface area contributed by atoms with E-state index in [0.29, 0.717) is 33.7 Å². The number of nitrogens with zero attached hydrogens (tertiary/aromatic N) is 1. The van der Waals surface area contributed by atoms with E-state index in [0.717, 1.165) is 23.0 Å². The lowest BCUT2D eigenvalue weighted by atomic mass is 10.2. The quantitative estimate of drug-likeness (QED) is 0.560. The van der Waals surface area contributed by atoms with Crippen LogP contribution in [0.2, 0.25) is 10.0 Å². The molecule has 1 heterocycles. The molecule has 0 bridgehead atoms. The van der Waals surface area contributed by atoms with Gasteiger partial charge in [0.15, 0.2) is 0 Å². The highest BCUT2D eigenvalue weighted by Crippen LogP contribution is 2.35. The molecule has 142 valence electrons. The van der Waals surface area contributed by atoms with Crippen LogP contribution in [0.15, 0.2) is 42.5 Å². The fraction of sp³-hybridized carbons (Fsp3) is 0.286. The molecule has 0 saturated heterocycles. The maximum absolute atomic E-state index is 6.50. The zero-order chi connectivity index (χ0) is 19.4. The number of ether oxygens (including phenoxy) is 2. The average molecular weight is 405 g/mol. The number of halogens is 2. The van der Waals surface area contributed by atoms with Crippen LogP contribution >= 0.6 is 23.2 Å². The second-order valence-corrected chi connectivity index (χ2v) is 7.17. The monoisotopic (exact) mass is 404 g/mol. The molecular formula is C21H22Cl2N2O2. The first-order valence-electron chi connectivity index (χ1n) is 8.84. The molecule has 0 aliphatic rings. The molecule has 0 aliphatic carbocycles. The minimum Gasteiger partial charge on any atom is -0.490 e. The Hall–Kier alpha value is -2.01. The lowest BCUT2D eigenvalue weighted by Crippen LogP contribution is -2.26. The highest BCUT2D eigenvalue weighted by Gasteiger charge is 2.14. The molecule has 2 N–H and O–H groups in total. The van der Waals surface area contributed by atoms with E-state index in [1.165, 1.54) is 0 Å². The van der Waals surface area contributed by atoms with E-state index in [1.807, 2.05) is 44.2 Å². The van der Waals surface area contributed by atoms with Gasteiger partial charge in [0, 0.05) is 27.7 Å². The van der Waals surface area contributed by atoms with Crippen molar-refractivity contribution in [3.05, 3.63) is 63.8 Å². The molecule has 6 heteroatoms. The molecule has 0 spiro atoms. The summed E-state index contributed by atoms with van der Waals surface area (Å²) >= 11 is 12.8. The number of benzene rings is 2. The number of aryl methyl sites for hydroxylation is 1. The van der Waals surface area contributed by atoms with E-state index in [1.54, 1.807) is 12.1 Å². The molecular weight excluding hydrogens is 383 g/mol. The van der Waals surface area contributed by atoms with Gasteiger partial charge in [0.1, 0.15) is 30.2 Å². The van der Waals surface area contributed by atoms with Gasteiger partial charge in [-0.3, -0.25) is 0 Å². The van der Waals surface area contributed by atoms with Crippen molar-refractivity contribution in [2.75, 3.05) is 6.61 Å². The van der Waals surface area contributed by atoms with Crippen LogP contribution in [-0.4, -0.2) is 17.6 Å². The van der Waals surface area contributed by atoms with E-state index in [9.17, 15) is 0 Å². The molecule has 0 amide bonds. The summed E-state index contributed by atoms with van der Waals surface area (Å²) in [5.74, 6) is 1.23. The van der Waals surface area contributed by atoms with Crippen LogP contribution in [0.3, 0.4) is 0 Å². The van der Waals surface area contributed by atoms with Crippen LogP contribution in [0.5, 0.6) is 11.5 Å². The Kier molecular flexibility index (Phi) is 6.42. The third kappa shape index (κ3) is 4.64. The zero-order valence-corrected chi connectivity index (χ0v) is 16.8. The van der Waals surface area contributed by atoms with Gasteiger partial charge in [-0.15, -0.1) is 0 Å². The second kappa shape index (κ2) is 8.79. The Morgan fingerprint density at radius 3 is 2.63 bits per heavy atom. The van der Waals surface area contributed by atoms with E-state index >= 15 is 0 Å². The van der Waals surface area contributed by atoms with Crippen molar-refractivity contribution in [3.63, 3.8) is 0 Å². The third-order valence-corrected chi connectivity index (χ3v) is 5.09. The second-order valence-electron chi connectivity index (χ2n) is 6.39. The highest BCUT2D eigenvalue weighted by atomic mass is 35.5. The molecule has 1 aromatic heterocycles. The Bertz CT molecular complexity index is 947. The van der Waals surface area contributed by atoms with Gasteiger partial charge in [-0.25, -0.2) is 4.98 Å². The summed E-state index contributed by atoms with van der Waals surface area (Å²) in [5.41, 5.74) is 8.32. The molecule has 3 rings (SSSR count). The first-order valence-corrected chi connectivity index (χ1v) is 9.59. The van der Waals surface area contributed by atoms with Gasteiger partial charge < -0.3 is 15.2 Å². The predicted octanol–water partition coefficient (Wildman–Crippen LogP) is 5.55. The van der Waals surface area contributed by atoms with Crippen LogP contribution in [0.25, 0.3) is 10.9 Å². The first kappa shape index (κ1) is 19.7. The van der Waals surface area contributed by atoms with Gasteiger partial charge in [0.05, 0.1) is 5.02 Å². The standard InChI is InChI=1S/C21H22Cl2N2O2/c1-3-15(24)11-26-18-10-9-17(22)16(20(18)23)12-27-19-6-4-5-14-8-7-13(2)25-21(14)19/h4-10,15H,3,11-12,24H2,1-2H3. The highest BCUT2D eigenvalue weighted by molar-refractivity contribution is 6.36. The van der Waals surface area contributed by atoms with Crippen molar-refractivity contribution >= 4 is 34.1 Å². The van der Waals surface area contributed by atoms with Crippen LogP contribution in [0, 0.1) is 6.92 Å². The van der Waals surface area contributed by atoms with Crippen molar-refractivity contribution in [2.45, 2.75) is 32.9 Å². The predicted molar refractivity (Wildman–Crippen MR) is 111 cm³/mol. The van der Waals surface area contributed by atoms with Crippen molar-refractivity contribution in [1.29, 1.82) is 0 Å². The summed E-state index contributed by atoms with van der Waals surface area (Å²) in [7, 11) is 0. The summed E-state index contributed by atoms with van der Waals surface area (Å²) in [4.78, 5) is 4.58. The smallest absolute Gasteiger partial charge is 0.146 e. The third-order valence-electron chi connectivity index (χ3n) is 4.32.